The molecule has 1 aliphatic carbocycles. The van der Waals surface area contributed by atoms with Gasteiger partial charge in [-0.2, -0.15) is 0 Å². The van der Waals surface area contributed by atoms with Gasteiger partial charge in [0.2, 0.25) is 11.8 Å². The first-order valence-corrected chi connectivity index (χ1v) is 10.2. The number of aliphatic imine (C=N–C) groups is 1. The zero-order valence-corrected chi connectivity index (χ0v) is 19.2. The number of nitrogens with zero attached hydrogens (tertiary/aromatic N) is 3. The fraction of sp³-hybridized carbons (Fsp3) is 0.842. The Kier molecular flexibility index (Phi) is 11.7. The predicted octanol–water partition coefficient (Wildman–Crippen LogP) is 1.82. The van der Waals surface area contributed by atoms with E-state index in [4.69, 9.17) is 0 Å². The molecule has 2 amide bonds. The number of nitrogens with one attached hydrogen (secondary N) is 2. The van der Waals surface area contributed by atoms with Crippen LogP contribution in [0.4, 0.5) is 0 Å². The molecule has 2 N–H and O–H groups in total. The van der Waals surface area contributed by atoms with Crippen molar-refractivity contribution in [1.29, 1.82) is 0 Å². The Hall–Kier alpha value is -1.06. The number of hydrogen-bond acceptors (Lipinski definition) is 3. The maximum absolute atomic E-state index is 12.1. The van der Waals surface area contributed by atoms with E-state index in [2.05, 4.69) is 20.5 Å². The van der Waals surface area contributed by atoms with E-state index >= 15 is 0 Å². The molecule has 0 spiro atoms. The second-order valence-electron chi connectivity index (χ2n) is 7.29. The van der Waals surface area contributed by atoms with Crippen molar-refractivity contribution in [2.24, 2.45) is 10.9 Å². The van der Waals surface area contributed by atoms with Gasteiger partial charge in [0.05, 0.1) is 6.54 Å². The average molecular weight is 493 g/mol. The first kappa shape index (κ1) is 24.0. The molecule has 0 atom stereocenters. The summed E-state index contributed by atoms with van der Waals surface area (Å²) in [5.74, 6) is 1.74. The molecule has 1 saturated carbocycles. The highest BCUT2D eigenvalue weighted by Crippen LogP contribution is 2.25. The first-order valence-electron chi connectivity index (χ1n) is 10.2. The van der Waals surface area contributed by atoms with Crippen molar-refractivity contribution < 1.29 is 9.59 Å². The van der Waals surface area contributed by atoms with Crippen LogP contribution in [0.15, 0.2) is 4.99 Å². The SMILES string of the molecule is CCNC(=NCCNC(=O)CC1CCCCC1)N1CCN(C(C)=O)CC1.I. The minimum atomic E-state index is 0. The third-order valence-electron chi connectivity index (χ3n) is 5.25. The Morgan fingerprint density at radius 1 is 1.00 bits per heavy atom. The Bertz CT molecular complexity index is 486. The number of amides is 2. The summed E-state index contributed by atoms with van der Waals surface area (Å²) in [5, 5.41) is 6.32. The number of hydrogen-bond donors (Lipinski definition) is 2. The molecule has 8 heteroatoms. The molecule has 0 radical (unpaired) electrons. The fourth-order valence-electron chi connectivity index (χ4n) is 3.74. The summed E-state index contributed by atoms with van der Waals surface area (Å²) >= 11 is 0. The minimum Gasteiger partial charge on any atom is -0.357 e. The van der Waals surface area contributed by atoms with Gasteiger partial charge < -0.3 is 20.4 Å². The minimum absolute atomic E-state index is 0. The van der Waals surface area contributed by atoms with Crippen molar-refractivity contribution in [3.05, 3.63) is 0 Å². The van der Waals surface area contributed by atoms with Crippen molar-refractivity contribution >= 4 is 41.8 Å². The van der Waals surface area contributed by atoms with Gasteiger partial charge in [-0.1, -0.05) is 19.3 Å². The van der Waals surface area contributed by atoms with Gasteiger partial charge in [-0.15, -0.1) is 24.0 Å². The third kappa shape index (κ3) is 8.66. The molecule has 0 aromatic carbocycles. The molecule has 0 aromatic heterocycles. The quantitative estimate of drug-likeness (QED) is 0.256. The van der Waals surface area contributed by atoms with Gasteiger partial charge in [0.1, 0.15) is 0 Å². The molecule has 27 heavy (non-hydrogen) atoms. The number of carbonyl (C=O) groups is 2. The van der Waals surface area contributed by atoms with Crippen LogP contribution in [0, 0.1) is 5.92 Å². The molecule has 156 valence electrons. The van der Waals surface area contributed by atoms with E-state index < -0.39 is 0 Å². The summed E-state index contributed by atoms with van der Waals surface area (Å²) in [6.45, 7) is 8.67. The Morgan fingerprint density at radius 2 is 1.63 bits per heavy atom. The summed E-state index contributed by atoms with van der Waals surface area (Å²) < 4.78 is 0. The highest BCUT2D eigenvalue weighted by Gasteiger charge is 2.21. The number of carbonyl (C=O) groups excluding carboxylic acids is 2. The lowest BCUT2D eigenvalue weighted by molar-refractivity contribution is -0.130. The lowest BCUT2D eigenvalue weighted by Crippen LogP contribution is -2.53. The highest BCUT2D eigenvalue weighted by atomic mass is 127. The van der Waals surface area contributed by atoms with Crippen LogP contribution in [0.25, 0.3) is 0 Å². The fourth-order valence-corrected chi connectivity index (χ4v) is 3.74. The molecule has 0 bridgehead atoms. The van der Waals surface area contributed by atoms with Crippen LogP contribution < -0.4 is 10.6 Å². The zero-order valence-electron chi connectivity index (χ0n) is 16.8. The average Bonchev–Trinajstić information content (AvgIpc) is 2.65. The van der Waals surface area contributed by atoms with Gasteiger partial charge >= 0.3 is 0 Å². The number of rotatable bonds is 6. The van der Waals surface area contributed by atoms with Crippen LogP contribution >= 0.6 is 24.0 Å². The smallest absolute Gasteiger partial charge is 0.220 e. The van der Waals surface area contributed by atoms with Crippen molar-refractivity contribution in [2.75, 3.05) is 45.8 Å². The molecule has 1 saturated heterocycles. The van der Waals surface area contributed by atoms with E-state index in [1.54, 1.807) is 6.92 Å². The molecule has 1 heterocycles. The van der Waals surface area contributed by atoms with E-state index in [-0.39, 0.29) is 35.8 Å². The molecular weight excluding hydrogens is 457 g/mol. The Labute approximate surface area is 180 Å². The van der Waals surface area contributed by atoms with Gasteiger partial charge in [-0.05, 0) is 25.7 Å². The van der Waals surface area contributed by atoms with Gasteiger partial charge in [0, 0.05) is 52.6 Å². The predicted molar refractivity (Wildman–Crippen MR) is 119 cm³/mol. The topological polar surface area (TPSA) is 77.0 Å². The van der Waals surface area contributed by atoms with Crippen LogP contribution in [0.2, 0.25) is 0 Å². The van der Waals surface area contributed by atoms with Crippen molar-refractivity contribution in [1.82, 2.24) is 20.4 Å². The van der Waals surface area contributed by atoms with Crippen LogP contribution in [0.1, 0.15) is 52.4 Å². The maximum Gasteiger partial charge on any atom is 0.220 e. The van der Waals surface area contributed by atoms with Gasteiger partial charge in [-0.3, -0.25) is 14.6 Å². The Morgan fingerprint density at radius 3 is 2.22 bits per heavy atom. The number of halogens is 1. The lowest BCUT2D eigenvalue weighted by Gasteiger charge is -2.36. The molecular formula is C19H36IN5O2. The van der Waals surface area contributed by atoms with E-state index in [9.17, 15) is 9.59 Å². The van der Waals surface area contributed by atoms with Gasteiger partial charge in [0.15, 0.2) is 5.96 Å². The molecule has 0 unspecified atom stereocenters. The second-order valence-corrected chi connectivity index (χ2v) is 7.29. The van der Waals surface area contributed by atoms with Gasteiger partial charge in [-0.25, -0.2) is 0 Å². The molecule has 2 fully saturated rings. The third-order valence-corrected chi connectivity index (χ3v) is 5.25. The summed E-state index contributed by atoms with van der Waals surface area (Å²) in [6, 6.07) is 0. The second kappa shape index (κ2) is 13.2. The van der Waals surface area contributed by atoms with Crippen LogP contribution in [-0.2, 0) is 9.59 Å². The van der Waals surface area contributed by atoms with Crippen LogP contribution in [-0.4, -0.2) is 73.4 Å². The highest BCUT2D eigenvalue weighted by molar-refractivity contribution is 14.0. The van der Waals surface area contributed by atoms with Crippen molar-refractivity contribution in [2.45, 2.75) is 52.4 Å². The summed E-state index contributed by atoms with van der Waals surface area (Å²) in [7, 11) is 0. The first-order chi connectivity index (χ1) is 12.6. The largest absolute Gasteiger partial charge is 0.357 e. The zero-order chi connectivity index (χ0) is 18.8. The van der Waals surface area contributed by atoms with Crippen LogP contribution in [0.5, 0.6) is 0 Å². The standard InChI is InChI=1S/C19H35N5O2.HI/c1-3-20-19(24-13-11-23(12-14-24)16(2)25)22-10-9-21-18(26)15-17-7-5-4-6-8-17;/h17H,3-15H2,1-2H3,(H,20,22)(H,21,26);1H. The summed E-state index contributed by atoms with van der Waals surface area (Å²) in [6.07, 6.45) is 6.92. The molecule has 1 aliphatic heterocycles. The molecule has 0 aromatic rings. The van der Waals surface area contributed by atoms with E-state index in [0.29, 0.717) is 25.4 Å². The number of guanidine groups is 1. The number of piperazine rings is 1. The monoisotopic (exact) mass is 493 g/mol. The summed E-state index contributed by atoms with van der Waals surface area (Å²) in [4.78, 5) is 32.2. The summed E-state index contributed by atoms with van der Waals surface area (Å²) in [5.41, 5.74) is 0. The molecule has 7 nitrogen and oxygen atoms in total. The Balaban J connectivity index is 0.00000364. The normalized spacial score (nSPS) is 18.7. The van der Waals surface area contributed by atoms with Gasteiger partial charge in [0.25, 0.3) is 0 Å². The van der Waals surface area contributed by atoms with E-state index in [1.807, 2.05) is 11.8 Å². The van der Waals surface area contributed by atoms with E-state index in [1.165, 1.54) is 32.1 Å². The molecule has 2 aliphatic rings. The molecule has 2 rings (SSSR count). The van der Waals surface area contributed by atoms with Crippen LogP contribution in [0.3, 0.4) is 0 Å². The maximum atomic E-state index is 12.1. The van der Waals surface area contributed by atoms with Crippen molar-refractivity contribution in [3.63, 3.8) is 0 Å². The van der Waals surface area contributed by atoms with Crippen molar-refractivity contribution in [3.8, 4) is 0 Å². The lowest BCUT2D eigenvalue weighted by atomic mass is 9.87. The van der Waals surface area contributed by atoms with E-state index in [0.717, 1.165) is 38.7 Å².